The molecule has 6 heteroatoms. The van der Waals surface area contributed by atoms with Crippen molar-refractivity contribution in [2.75, 3.05) is 46.4 Å². The Bertz CT molecular complexity index is 773. The number of ether oxygens (including phenoxy) is 1. The lowest BCUT2D eigenvalue weighted by atomic mass is 10.1. The van der Waals surface area contributed by atoms with Gasteiger partial charge in [-0.05, 0) is 31.2 Å². The van der Waals surface area contributed by atoms with Gasteiger partial charge in [-0.1, -0.05) is 28.1 Å². The van der Waals surface area contributed by atoms with E-state index in [1.165, 1.54) is 0 Å². The van der Waals surface area contributed by atoms with Gasteiger partial charge in [-0.25, -0.2) is 0 Å². The van der Waals surface area contributed by atoms with Crippen molar-refractivity contribution in [1.29, 1.82) is 0 Å². The van der Waals surface area contributed by atoms with Crippen LogP contribution in [-0.2, 0) is 4.74 Å². The Morgan fingerprint density at radius 3 is 2.62 bits per heavy atom. The number of hydrogen-bond donors (Lipinski definition) is 0. The van der Waals surface area contributed by atoms with Gasteiger partial charge in [0.1, 0.15) is 0 Å². The maximum absolute atomic E-state index is 12.9. The molecular weight excluding hydrogens is 394 g/mol. The molecule has 1 aromatic carbocycles. The Morgan fingerprint density at radius 2 is 1.96 bits per heavy atom. The predicted molar refractivity (Wildman–Crippen MR) is 106 cm³/mol. The van der Waals surface area contributed by atoms with E-state index in [-0.39, 0.29) is 5.91 Å². The fraction of sp³-hybridized carbons (Fsp3) is 0.400. The van der Waals surface area contributed by atoms with Crippen LogP contribution in [0.2, 0.25) is 0 Å². The highest BCUT2D eigenvalue weighted by Gasteiger charge is 2.23. The normalized spacial score (nSPS) is 15.3. The summed E-state index contributed by atoms with van der Waals surface area (Å²) in [5.74, 6) is 0.0715. The summed E-state index contributed by atoms with van der Waals surface area (Å²) < 4.78 is 6.14. The number of amides is 1. The van der Waals surface area contributed by atoms with E-state index in [9.17, 15) is 4.79 Å². The molecule has 0 spiro atoms. The van der Waals surface area contributed by atoms with Crippen molar-refractivity contribution in [3.63, 3.8) is 0 Å². The third-order valence-electron chi connectivity index (χ3n) is 4.71. The van der Waals surface area contributed by atoms with Gasteiger partial charge in [0, 0.05) is 49.9 Å². The van der Waals surface area contributed by atoms with Crippen LogP contribution in [0, 0.1) is 6.92 Å². The van der Waals surface area contributed by atoms with E-state index < -0.39 is 0 Å². The molecule has 0 bridgehead atoms. The second-order valence-electron chi connectivity index (χ2n) is 6.47. The Morgan fingerprint density at radius 1 is 1.19 bits per heavy atom. The van der Waals surface area contributed by atoms with Gasteiger partial charge in [0.25, 0.3) is 5.91 Å². The maximum Gasteiger partial charge on any atom is 0.255 e. The standard InChI is InChI=1S/C20H24BrN3O2/c1-15-18(6-7-19(22-15)16-4-3-5-17(21)14-16)20(25)24-10-8-23(9-11-24)12-13-26-2/h3-7,14H,8-13H2,1-2H3. The number of halogens is 1. The third-order valence-corrected chi connectivity index (χ3v) is 5.20. The molecule has 2 heterocycles. The van der Waals surface area contributed by atoms with Crippen LogP contribution in [0.4, 0.5) is 0 Å². The molecule has 2 aromatic rings. The molecule has 1 aliphatic rings. The largest absolute Gasteiger partial charge is 0.383 e. The van der Waals surface area contributed by atoms with Crippen molar-refractivity contribution < 1.29 is 9.53 Å². The van der Waals surface area contributed by atoms with Crippen LogP contribution in [0.5, 0.6) is 0 Å². The molecule has 0 unspecified atom stereocenters. The minimum absolute atomic E-state index is 0.0715. The van der Waals surface area contributed by atoms with Crippen LogP contribution in [-0.4, -0.2) is 67.1 Å². The number of hydrogen-bond acceptors (Lipinski definition) is 4. The number of carbonyl (C=O) groups is 1. The highest BCUT2D eigenvalue weighted by Crippen LogP contribution is 2.23. The molecule has 0 N–H and O–H groups in total. The lowest BCUT2D eigenvalue weighted by molar-refractivity contribution is 0.0593. The zero-order chi connectivity index (χ0) is 18.5. The van der Waals surface area contributed by atoms with Gasteiger partial charge in [0.05, 0.1) is 23.6 Å². The number of benzene rings is 1. The summed E-state index contributed by atoms with van der Waals surface area (Å²) in [6.45, 7) is 6.82. The first kappa shape index (κ1) is 19.0. The van der Waals surface area contributed by atoms with Crippen molar-refractivity contribution in [3.8, 4) is 11.3 Å². The highest BCUT2D eigenvalue weighted by molar-refractivity contribution is 9.10. The van der Waals surface area contributed by atoms with E-state index in [1.807, 2.05) is 48.2 Å². The van der Waals surface area contributed by atoms with Crippen LogP contribution in [0.1, 0.15) is 16.1 Å². The minimum atomic E-state index is 0.0715. The van der Waals surface area contributed by atoms with E-state index in [4.69, 9.17) is 4.74 Å². The number of carbonyl (C=O) groups excluding carboxylic acids is 1. The number of aryl methyl sites for hydroxylation is 1. The first-order chi connectivity index (χ1) is 12.6. The van der Waals surface area contributed by atoms with Crippen LogP contribution in [0.25, 0.3) is 11.3 Å². The van der Waals surface area contributed by atoms with E-state index in [1.54, 1.807) is 7.11 Å². The Balaban J connectivity index is 1.69. The molecule has 1 saturated heterocycles. The van der Waals surface area contributed by atoms with Crippen LogP contribution >= 0.6 is 15.9 Å². The average Bonchev–Trinajstić information content (AvgIpc) is 2.66. The summed E-state index contributed by atoms with van der Waals surface area (Å²) in [7, 11) is 1.72. The van der Waals surface area contributed by atoms with Gasteiger partial charge in [-0.15, -0.1) is 0 Å². The molecular formula is C20H24BrN3O2. The Labute approximate surface area is 163 Å². The molecule has 3 rings (SSSR count). The summed E-state index contributed by atoms with van der Waals surface area (Å²) in [5.41, 5.74) is 3.38. The van der Waals surface area contributed by atoms with Crippen molar-refractivity contribution in [3.05, 3.63) is 52.1 Å². The van der Waals surface area contributed by atoms with Crippen LogP contribution in [0.3, 0.4) is 0 Å². The third kappa shape index (κ3) is 4.50. The number of aromatic nitrogens is 1. The molecule has 1 aliphatic heterocycles. The minimum Gasteiger partial charge on any atom is -0.383 e. The monoisotopic (exact) mass is 417 g/mol. The van der Waals surface area contributed by atoms with Gasteiger partial charge in [-0.2, -0.15) is 0 Å². The zero-order valence-corrected chi connectivity index (χ0v) is 16.8. The number of nitrogens with zero attached hydrogens (tertiary/aromatic N) is 3. The lowest BCUT2D eigenvalue weighted by Gasteiger charge is -2.34. The molecule has 0 aliphatic carbocycles. The van der Waals surface area contributed by atoms with E-state index >= 15 is 0 Å². The second-order valence-corrected chi connectivity index (χ2v) is 7.38. The first-order valence-corrected chi connectivity index (χ1v) is 9.62. The molecule has 0 atom stereocenters. The van der Waals surface area contributed by atoms with Crippen molar-refractivity contribution in [2.45, 2.75) is 6.92 Å². The molecule has 0 radical (unpaired) electrons. The van der Waals surface area contributed by atoms with E-state index in [0.717, 1.165) is 60.8 Å². The van der Waals surface area contributed by atoms with Gasteiger partial charge < -0.3 is 9.64 Å². The quantitative estimate of drug-likeness (QED) is 0.748. The molecule has 5 nitrogen and oxygen atoms in total. The van der Waals surface area contributed by atoms with Crippen molar-refractivity contribution >= 4 is 21.8 Å². The molecule has 26 heavy (non-hydrogen) atoms. The van der Waals surface area contributed by atoms with Gasteiger partial charge in [-0.3, -0.25) is 14.7 Å². The van der Waals surface area contributed by atoms with Crippen molar-refractivity contribution in [2.24, 2.45) is 0 Å². The summed E-state index contributed by atoms with van der Waals surface area (Å²) >= 11 is 3.49. The number of rotatable bonds is 5. The maximum atomic E-state index is 12.9. The van der Waals surface area contributed by atoms with Crippen molar-refractivity contribution in [1.82, 2.24) is 14.8 Å². The number of piperazine rings is 1. The summed E-state index contributed by atoms with van der Waals surface area (Å²) in [6, 6.07) is 11.9. The lowest BCUT2D eigenvalue weighted by Crippen LogP contribution is -2.49. The average molecular weight is 418 g/mol. The topological polar surface area (TPSA) is 45.7 Å². The molecule has 1 amide bonds. The molecule has 138 valence electrons. The Hall–Kier alpha value is -1.76. The predicted octanol–water partition coefficient (Wildman–Crippen LogP) is 3.22. The summed E-state index contributed by atoms with van der Waals surface area (Å²) in [6.07, 6.45) is 0. The number of pyridine rings is 1. The molecule has 1 fully saturated rings. The second kappa shape index (κ2) is 8.75. The van der Waals surface area contributed by atoms with Crippen LogP contribution < -0.4 is 0 Å². The smallest absolute Gasteiger partial charge is 0.255 e. The fourth-order valence-corrected chi connectivity index (χ4v) is 3.56. The van der Waals surface area contributed by atoms with Gasteiger partial charge >= 0.3 is 0 Å². The summed E-state index contributed by atoms with van der Waals surface area (Å²) in [5, 5.41) is 0. The summed E-state index contributed by atoms with van der Waals surface area (Å²) in [4.78, 5) is 21.8. The molecule has 1 aromatic heterocycles. The van der Waals surface area contributed by atoms with Crippen LogP contribution in [0.15, 0.2) is 40.9 Å². The van der Waals surface area contributed by atoms with E-state index in [2.05, 4.69) is 25.8 Å². The van der Waals surface area contributed by atoms with Gasteiger partial charge in [0.15, 0.2) is 0 Å². The first-order valence-electron chi connectivity index (χ1n) is 8.82. The fourth-order valence-electron chi connectivity index (χ4n) is 3.16. The molecule has 0 saturated carbocycles. The van der Waals surface area contributed by atoms with Gasteiger partial charge in [0.2, 0.25) is 0 Å². The van der Waals surface area contributed by atoms with E-state index in [0.29, 0.717) is 5.56 Å². The highest BCUT2D eigenvalue weighted by atomic mass is 79.9. The SMILES string of the molecule is COCCN1CCN(C(=O)c2ccc(-c3cccc(Br)c3)nc2C)CC1. The Kier molecular flexibility index (Phi) is 6.40. The zero-order valence-electron chi connectivity index (χ0n) is 15.2. The number of methoxy groups -OCH3 is 1.